The average molecular weight is 413 g/mol. The van der Waals surface area contributed by atoms with E-state index in [0.29, 0.717) is 23.5 Å². The molecule has 3 aromatic rings. The highest BCUT2D eigenvalue weighted by molar-refractivity contribution is 5.93. The number of rotatable bonds is 9. The zero-order valence-corrected chi connectivity index (χ0v) is 16.7. The molecule has 3 rings (SSSR count). The number of hydrogen-bond acceptors (Lipinski definition) is 10. The zero-order valence-electron chi connectivity index (χ0n) is 16.7. The molecule has 0 unspecified atom stereocenters. The van der Waals surface area contributed by atoms with Crippen LogP contribution in [0.3, 0.4) is 0 Å². The predicted octanol–water partition coefficient (Wildman–Crippen LogP) is 0.685. The normalized spacial score (nSPS) is 10.9. The van der Waals surface area contributed by atoms with Gasteiger partial charge in [0.2, 0.25) is 11.6 Å². The summed E-state index contributed by atoms with van der Waals surface area (Å²) in [5.74, 6) is -0.190. The Kier molecular flexibility index (Phi) is 6.27. The van der Waals surface area contributed by atoms with Crippen molar-refractivity contribution in [2.75, 3.05) is 18.8 Å². The Morgan fingerprint density at radius 1 is 1.23 bits per heavy atom. The minimum atomic E-state index is -0.515. The Balaban J connectivity index is 1.82. The number of nitrogens with zero attached hydrogens (tertiary/aromatic N) is 6. The van der Waals surface area contributed by atoms with Crippen LogP contribution >= 0.6 is 0 Å². The lowest BCUT2D eigenvalue weighted by molar-refractivity contribution is 0.0935. The van der Waals surface area contributed by atoms with E-state index < -0.39 is 5.91 Å². The van der Waals surface area contributed by atoms with E-state index in [1.165, 1.54) is 16.8 Å². The van der Waals surface area contributed by atoms with E-state index in [-0.39, 0.29) is 23.1 Å². The van der Waals surface area contributed by atoms with Crippen LogP contribution in [0.25, 0.3) is 11.5 Å². The van der Waals surface area contributed by atoms with Gasteiger partial charge in [0.25, 0.3) is 5.91 Å². The molecule has 12 nitrogen and oxygen atoms in total. The molecule has 0 fully saturated rings. The summed E-state index contributed by atoms with van der Waals surface area (Å²) < 4.78 is 5.99. The van der Waals surface area contributed by atoms with Crippen LogP contribution in [0.1, 0.15) is 35.6 Å². The van der Waals surface area contributed by atoms with Gasteiger partial charge in [-0.1, -0.05) is 25.6 Å². The SMILES string of the molecule is C=C(NNC(=O)c1nnn(-c2nonc2N)c1CN(CC)CC)c1ccc(O)cc1. The van der Waals surface area contributed by atoms with Crippen molar-refractivity contribution in [2.24, 2.45) is 0 Å². The second kappa shape index (κ2) is 9.05. The van der Waals surface area contributed by atoms with Crippen LogP contribution in [0.2, 0.25) is 0 Å². The number of carbonyl (C=O) groups is 1. The molecular weight excluding hydrogens is 390 g/mol. The van der Waals surface area contributed by atoms with Gasteiger partial charge in [-0.15, -0.1) is 5.10 Å². The molecular formula is C18H23N9O3. The maximum Gasteiger partial charge on any atom is 0.292 e. The summed E-state index contributed by atoms with van der Waals surface area (Å²) in [6.07, 6.45) is 0. The monoisotopic (exact) mass is 413 g/mol. The highest BCUT2D eigenvalue weighted by Crippen LogP contribution is 2.18. The van der Waals surface area contributed by atoms with E-state index in [2.05, 4.69) is 47.6 Å². The first-order chi connectivity index (χ1) is 14.4. The van der Waals surface area contributed by atoms with Crippen LogP contribution in [0, 0.1) is 0 Å². The fourth-order valence-corrected chi connectivity index (χ4v) is 2.71. The van der Waals surface area contributed by atoms with Gasteiger partial charge in [-0.2, -0.15) is 4.68 Å². The summed E-state index contributed by atoms with van der Waals surface area (Å²) in [5, 5.41) is 24.7. The third-order valence-corrected chi connectivity index (χ3v) is 4.48. The Labute approximate surface area is 172 Å². The Hall–Kier alpha value is -3.93. The molecule has 0 aliphatic rings. The van der Waals surface area contributed by atoms with Gasteiger partial charge < -0.3 is 10.8 Å². The first-order valence-corrected chi connectivity index (χ1v) is 9.24. The van der Waals surface area contributed by atoms with Gasteiger partial charge in [0.05, 0.1) is 11.4 Å². The van der Waals surface area contributed by atoms with E-state index in [9.17, 15) is 9.90 Å². The van der Waals surface area contributed by atoms with E-state index in [0.717, 1.165) is 13.1 Å². The fraction of sp³-hybridized carbons (Fsp3) is 0.278. The van der Waals surface area contributed by atoms with Crippen LogP contribution in [-0.4, -0.2) is 54.3 Å². The zero-order chi connectivity index (χ0) is 21.7. The van der Waals surface area contributed by atoms with Crippen molar-refractivity contribution < 1.29 is 14.5 Å². The maximum absolute atomic E-state index is 12.8. The molecule has 0 aliphatic heterocycles. The van der Waals surface area contributed by atoms with E-state index in [1.807, 2.05) is 13.8 Å². The molecule has 0 bridgehead atoms. The van der Waals surface area contributed by atoms with Gasteiger partial charge in [-0.3, -0.25) is 20.5 Å². The summed E-state index contributed by atoms with van der Waals surface area (Å²) in [5.41, 5.74) is 12.8. The van der Waals surface area contributed by atoms with Crippen molar-refractivity contribution in [3.05, 3.63) is 47.8 Å². The van der Waals surface area contributed by atoms with Gasteiger partial charge in [-0.25, -0.2) is 4.63 Å². The number of nitrogens with one attached hydrogen (secondary N) is 2. The first kappa shape index (κ1) is 20.8. The first-order valence-electron chi connectivity index (χ1n) is 9.24. The van der Waals surface area contributed by atoms with Crippen LogP contribution in [-0.2, 0) is 6.54 Å². The number of hydrogen-bond donors (Lipinski definition) is 4. The van der Waals surface area contributed by atoms with Crippen molar-refractivity contribution in [2.45, 2.75) is 20.4 Å². The second-order valence-corrected chi connectivity index (χ2v) is 6.34. The number of aromatic nitrogens is 5. The minimum Gasteiger partial charge on any atom is -0.508 e. The average Bonchev–Trinajstić information content (AvgIpc) is 3.35. The van der Waals surface area contributed by atoms with Gasteiger partial charge in [0.1, 0.15) is 5.75 Å². The van der Waals surface area contributed by atoms with Crippen LogP contribution in [0.5, 0.6) is 5.75 Å². The second-order valence-electron chi connectivity index (χ2n) is 6.34. The number of aromatic hydroxyl groups is 1. The molecule has 2 aromatic heterocycles. The molecule has 30 heavy (non-hydrogen) atoms. The lowest BCUT2D eigenvalue weighted by atomic mass is 10.2. The van der Waals surface area contributed by atoms with Gasteiger partial charge in [0, 0.05) is 6.54 Å². The summed E-state index contributed by atoms with van der Waals surface area (Å²) in [6.45, 7) is 9.78. The molecule has 1 aromatic carbocycles. The van der Waals surface area contributed by atoms with E-state index in [1.54, 1.807) is 12.1 Å². The van der Waals surface area contributed by atoms with Crippen molar-refractivity contribution in [3.63, 3.8) is 0 Å². The summed E-state index contributed by atoms with van der Waals surface area (Å²) >= 11 is 0. The van der Waals surface area contributed by atoms with Crippen molar-refractivity contribution >= 4 is 17.4 Å². The van der Waals surface area contributed by atoms with Gasteiger partial charge >= 0.3 is 0 Å². The maximum atomic E-state index is 12.8. The number of hydrazine groups is 1. The standard InChI is InChI=1S/C18H23N9O3/c1-4-26(5-2)10-14-15(21-25-27(14)17-16(19)23-30-24-17)18(29)22-20-11(3)12-6-8-13(28)9-7-12/h6-9,20,28H,3-5,10H2,1-2H3,(H2,19,23)(H,22,29). The minimum absolute atomic E-state index is 0.0338. The molecule has 0 saturated heterocycles. The number of amides is 1. The molecule has 158 valence electrons. The molecule has 12 heteroatoms. The van der Waals surface area contributed by atoms with Crippen molar-refractivity contribution in [1.29, 1.82) is 0 Å². The fourth-order valence-electron chi connectivity index (χ4n) is 2.71. The van der Waals surface area contributed by atoms with Gasteiger partial charge in [-0.05, 0) is 53.2 Å². The van der Waals surface area contributed by atoms with Gasteiger partial charge in [0.15, 0.2) is 5.69 Å². The number of phenols is 1. The topological polar surface area (TPSA) is 160 Å². The Bertz CT molecular complexity index is 1020. The lowest BCUT2D eigenvalue weighted by Crippen LogP contribution is -2.37. The molecule has 2 heterocycles. The summed E-state index contributed by atoms with van der Waals surface area (Å²) in [6, 6.07) is 6.38. The van der Waals surface area contributed by atoms with Crippen LogP contribution in [0.15, 0.2) is 35.5 Å². The van der Waals surface area contributed by atoms with E-state index >= 15 is 0 Å². The van der Waals surface area contributed by atoms with Crippen LogP contribution in [0.4, 0.5) is 5.82 Å². The molecule has 0 spiro atoms. The molecule has 0 radical (unpaired) electrons. The Morgan fingerprint density at radius 2 is 1.93 bits per heavy atom. The molecule has 0 atom stereocenters. The lowest BCUT2D eigenvalue weighted by Gasteiger charge is -2.18. The van der Waals surface area contributed by atoms with Crippen LogP contribution < -0.4 is 16.6 Å². The number of carbonyl (C=O) groups excluding carboxylic acids is 1. The molecule has 5 N–H and O–H groups in total. The largest absolute Gasteiger partial charge is 0.508 e. The number of anilines is 1. The number of nitrogen functional groups attached to an aromatic ring is 1. The Morgan fingerprint density at radius 3 is 2.53 bits per heavy atom. The third kappa shape index (κ3) is 4.38. The molecule has 1 amide bonds. The third-order valence-electron chi connectivity index (χ3n) is 4.48. The highest BCUT2D eigenvalue weighted by Gasteiger charge is 2.25. The van der Waals surface area contributed by atoms with Crippen molar-refractivity contribution in [3.8, 4) is 11.6 Å². The number of phenolic OH excluding ortho intramolecular Hbond substituents is 1. The number of benzene rings is 1. The summed E-state index contributed by atoms with van der Waals surface area (Å²) in [4.78, 5) is 14.9. The number of nitrogens with two attached hydrogens (primary N) is 1. The summed E-state index contributed by atoms with van der Waals surface area (Å²) in [7, 11) is 0. The molecule has 0 aliphatic carbocycles. The van der Waals surface area contributed by atoms with E-state index in [4.69, 9.17) is 5.73 Å². The highest BCUT2D eigenvalue weighted by atomic mass is 16.6. The molecule has 0 saturated carbocycles. The predicted molar refractivity (Wildman–Crippen MR) is 108 cm³/mol. The van der Waals surface area contributed by atoms with Crippen molar-refractivity contribution in [1.82, 2.24) is 41.1 Å². The quantitative estimate of drug-likeness (QED) is 0.367. The smallest absolute Gasteiger partial charge is 0.292 e.